The molecule has 6 nitrogen and oxygen atoms in total. The van der Waals surface area contributed by atoms with E-state index < -0.39 is 0 Å². The summed E-state index contributed by atoms with van der Waals surface area (Å²) in [6, 6.07) is 0. The van der Waals surface area contributed by atoms with Crippen LogP contribution in [-0.2, 0) is 16.7 Å². The van der Waals surface area contributed by atoms with Crippen molar-refractivity contribution in [1.82, 2.24) is 20.5 Å². The van der Waals surface area contributed by atoms with Gasteiger partial charge in [-0.2, -0.15) is 0 Å². The molecule has 0 unspecified atom stereocenters. The highest BCUT2D eigenvalue weighted by Gasteiger charge is 2.17. The highest BCUT2D eigenvalue weighted by Crippen LogP contribution is 2.24. The number of hydrogen-bond donors (Lipinski definition) is 2. The summed E-state index contributed by atoms with van der Waals surface area (Å²) < 4.78 is 5.09. The van der Waals surface area contributed by atoms with Gasteiger partial charge in [0.05, 0.1) is 12.2 Å². The molecule has 0 aliphatic rings. The van der Waals surface area contributed by atoms with Gasteiger partial charge in [-0.1, -0.05) is 20.8 Å². The molecule has 0 atom stereocenters. The predicted octanol–water partition coefficient (Wildman–Crippen LogP) is 2.46. The third-order valence-corrected chi connectivity index (χ3v) is 4.54. The molecule has 144 valence electrons. The molecular formula is C18H35N5OS. The minimum atomic E-state index is 0.0919. The third kappa shape index (κ3) is 9.18. The van der Waals surface area contributed by atoms with Crippen LogP contribution in [0.1, 0.15) is 44.8 Å². The molecule has 7 heteroatoms. The molecule has 0 radical (unpaired) electrons. The first-order chi connectivity index (χ1) is 11.9. The number of nitrogens with one attached hydrogen (secondary N) is 2. The van der Waals surface area contributed by atoms with Gasteiger partial charge in [0.25, 0.3) is 0 Å². The summed E-state index contributed by atoms with van der Waals surface area (Å²) in [5.74, 6) is 0.848. The number of methoxy groups -OCH3 is 1. The molecule has 1 rings (SSSR count). The monoisotopic (exact) mass is 369 g/mol. The molecule has 0 bridgehead atoms. The molecule has 0 saturated heterocycles. The van der Waals surface area contributed by atoms with Crippen LogP contribution in [0, 0.1) is 0 Å². The Hall–Kier alpha value is -1.18. The maximum absolute atomic E-state index is 5.09. The molecule has 1 aromatic heterocycles. The quantitative estimate of drug-likeness (QED) is 0.377. The minimum Gasteiger partial charge on any atom is -0.385 e. The van der Waals surface area contributed by atoms with Crippen LogP contribution >= 0.6 is 11.3 Å². The summed E-state index contributed by atoms with van der Waals surface area (Å²) in [6.45, 7) is 13.8. The Kier molecular flexibility index (Phi) is 10.0. The lowest BCUT2D eigenvalue weighted by Crippen LogP contribution is -2.41. The minimum absolute atomic E-state index is 0.0919. The Morgan fingerprint density at radius 2 is 2.08 bits per heavy atom. The molecule has 2 N–H and O–H groups in total. The number of likely N-dealkylation sites (N-methyl/N-ethyl adjacent to an activating group) is 1. The van der Waals surface area contributed by atoms with Gasteiger partial charge in [0.1, 0.15) is 5.01 Å². The molecule has 25 heavy (non-hydrogen) atoms. The molecule has 0 aromatic carbocycles. The maximum atomic E-state index is 5.09. The SMILES string of the molecule is CCNC(=NCc1nc(C(C)(C)C)cs1)NCCN(C)CCCOC. The average molecular weight is 370 g/mol. The summed E-state index contributed by atoms with van der Waals surface area (Å²) >= 11 is 1.68. The van der Waals surface area contributed by atoms with Crippen molar-refractivity contribution in [3.05, 3.63) is 16.1 Å². The van der Waals surface area contributed by atoms with Crippen molar-refractivity contribution in [3.8, 4) is 0 Å². The fourth-order valence-electron chi connectivity index (χ4n) is 2.17. The number of rotatable bonds is 10. The fourth-order valence-corrected chi connectivity index (χ4v) is 3.12. The van der Waals surface area contributed by atoms with E-state index in [1.54, 1.807) is 18.4 Å². The Labute approximate surface area is 157 Å². The summed E-state index contributed by atoms with van der Waals surface area (Å²) in [5, 5.41) is 9.88. The summed E-state index contributed by atoms with van der Waals surface area (Å²) in [7, 11) is 3.87. The molecule has 0 aliphatic carbocycles. The zero-order valence-corrected chi connectivity index (χ0v) is 17.5. The lowest BCUT2D eigenvalue weighted by molar-refractivity contribution is 0.180. The van der Waals surface area contributed by atoms with Crippen molar-refractivity contribution in [3.63, 3.8) is 0 Å². The zero-order valence-electron chi connectivity index (χ0n) is 16.7. The first-order valence-electron chi connectivity index (χ1n) is 9.01. The van der Waals surface area contributed by atoms with Crippen LogP contribution < -0.4 is 10.6 Å². The van der Waals surface area contributed by atoms with Crippen LogP contribution in [0.15, 0.2) is 10.4 Å². The molecule has 1 heterocycles. The van der Waals surface area contributed by atoms with E-state index in [-0.39, 0.29) is 5.41 Å². The second kappa shape index (κ2) is 11.4. The van der Waals surface area contributed by atoms with Gasteiger partial charge >= 0.3 is 0 Å². The van der Waals surface area contributed by atoms with Gasteiger partial charge in [-0.05, 0) is 20.4 Å². The summed E-state index contributed by atoms with van der Waals surface area (Å²) in [4.78, 5) is 11.7. The molecule has 1 aromatic rings. The number of aromatic nitrogens is 1. The van der Waals surface area contributed by atoms with E-state index >= 15 is 0 Å². The first kappa shape index (κ1) is 21.9. The average Bonchev–Trinajstić information content (AvgIpc) is 3.02. The molecule has 0 aliphatic heterocycles. The number of nitrogens with zero attached hydrogens (tertiary/aromatic N) is 3. The van der Waals surface area contributed by atoms with Gasteiger partial charge in [0.2, 0.25) is 0 Å². The fraction of sp³-hybridized carbons (Fsp3) is 0.778. The van der Waals surface area contributed by atoms with Crippen molar-refractivity contribution < 1.29 is 4.74 Å². The van der Waals surface area contributed by atoms with Crippen LogP contribution in [0.5, 0.6) is 0 Å². The summed E-state index contributed by atoms with van der Waals surface area (Å²) in [6.07, 6.45) is 1.06. The van der Waals surface area contributed by atoms with Crippen LogP contribution in [0.25, 0.3) is 0 Å². The van der Waals surface area contributed by atoms with E-state index in [1.807, 2.05) is 0 Å². The van der Waals surface area contributed by atoms with Crippen molar-refractivity contribution in [2.24, 2.45) is 4.99 Å². The van der Waals surface area contributed by atoms with Gasteiger partial charge in [-0.3, -0.25) is 0 Å². The van der Waals surface area contributed by atoms with Crippen molar-refractivity contribution in [1.29, 1.82) is 0 Å². The van der Waals surface area contributed by atoms with Crippen molar-refractivity contribution in [2.75, 3.05) is 46.9 Å². The third-order valence-electron chi connectivity index (χ3n) is 3.71. The number of thiazole rings is 1. The molecular weight excluding hydrogens is 334 g/mol. The topological polar surface area (TPSA) is 61.8 Å². The lowest BCUT2D eigenvalue weighted by atomic mass is 9.93. The second-order valence-corrected chi connectivity index (χ2v) is 8.09. The van der Waals surface area contributed by atoms with Crippen LogP contribution in [0.3, 0.4) is 0 Å². The zero-order chi connectivity index (χ0) is 18.7. The number of ether oxygens (including phenoxy) is 1. The normalized spacial score (nSPS) is 12.7. The molecule has 0 fully saturated rings. The highest BCUT2D eigenvalue weighted by atomic mass is 32.1. The Morgan fingerprint density at radius 3 is 2.68 bits per heavy atom. The Balaban J connectivity index is 2.44. The van der Waals surface area contributed by atoms with Gasteiger partial charge in [0, 0.05) is 50.7 Å². The first-order valence-corrected chi connectivity index (χ1v) is 9.89. The van der Waals surface area contributed by atoms with E-state index in [2.05, 4.69) is 60.6 Å². The predicted molar refractivity (Wildman–Crippen MR) is 108 cm³/mol. The number of hydrogen-bond acceptors (Lipinski definition) is 5. The van der Waals surface area contributed by atoms with E-state index in [0.29, 0.717) is 6.54 Å². The van der Waals surface area contributed by atoms with Crippen molar-refractivity contribution >= 4 is 17.3 Å². The van der Waals surface area contributed by atoms with Crippen LogP contribution in [-0.4, -0.2) is 62.8 Å². The van der Waals surface area contributed by atoms with E-state index in [9.17, 15) is 0 Å². The van der Waals surface area contributed by atoms with Crippen molar-refractivity contribution in [2.45, 2.75) is 46.1 Å². The Bertz CT molecular complexity index is 510. The number of guanidine groups is 1. The molecule has 0 amide bonds. The highest BCUT2D eigenvalue weighted by molar-refractivity contribution is 7.09. The lowest BCUT2D eigenvalue weighted by Gasteiger charge is -2.18. The van der Waals surface area contributed by atoms with Gasteiger partial charge in [-0.15, -0.1) is 11.3 Å². The second-order valence-electron chi connectivity index (χ2n) is 7.15. The van der Waals surface area contributed by atoms with E-state index in [1.165, 1.54) is 0 Å². The summed E-state index contributed by atoms with van der Waals surface area (Å²) in [5.41, 5.74) is 1.23. The van der Waals surface area contributed by atoms with E-state index in [0.717, 1.165) is 55.9 Å². The standard InChI is InChI=1S/C18H35N5OS/c1-7-19-17(20-9-11-23(5)10-8-12-24-6)21-13-16-22-15(14-25-16)18(2,3)4/h14H,7-13H2,1-6H3,(H2,19,20,21). The van der Waals surface area contributed by atoms with Gasteiger partial charge in [-0.25, -0.2) is 9.98 Å². The largest absolute Gasteiger partial charge is 0.385 e. The molecule has 0 spiro atoms. The van der Waals surface area contributed by atoms with E-state index in [4.69, 9.17) is 9.72 Å². The molecule has 0 saturated carbocycles. The smallest absolute Gasteiger partial charge is 0.191 e. The van der Waals surface area contributed by atoms with Gasteiger partial charge in [0.15, 0.2) is 5.96 Å². The Morgan fingerprint density at radius 1 is 1.32 bits per heavy atom. The maximum Gasteiger partial charge on any atom is 0.191 e. The number of aliphatic imine (C=N–C) groups is 1. The van der Waals surface area contributed by atoms with Crippen LogP contribution in [0.4, 0.5) is 0 Å². The van der Waals surface area contributed by atoms with Crippen LogP contribution in [0.2, 0.25) is 0 Å². The van der Waals surface area contributed by atoms with Gasteiger partial charge < -0.3 is 20.3 Å².